The van der Waals surface area contributed by atoms with Gasteiger partial charge in [0.05, 0.1) is 5.92 Å². The zero-order valence-electron chi connectivity index (χ0n) is 9.88. The molecule has 1 atom stereocenters. The summed E-state index contributed by atoms with van der Waals surface area (Å²) in [5.41, 5.74) is 2.43. The van der Waals surface area contributed by atoms with Crippen molar-refractivity contribution < 1.29 is 4.79 Å². The maximum absolute atomic E-state index is 11.3. The molecule has 2 bridgehead atoms. The first-order valence-electron chi connectivity index (χ1n) is 6.35. The van der Waals surface area contributed by atoms with Gasteiger partial charge in [-0.2, -0.15) is 0 Å². The van der Waals surface area contributed by atoms with Gasteiger partial charge in [0.1, 0.15) is 6.29 Å². The van der Waals surface area contributed by atoms with Crippen LogP contribution in [-0.4, -0.2) is 24.3 Å². The molecule has 3 aliphatic rings. The fourth-order valence-corrected chi connectivity index (χ4v) is 3.06. The number of allylic oxidation sites excluding steroid dienone is 1. The summed E-state index contributed by atoms with van der Waals surface area (Å²) in [7, 11) is 0. The summed E-state index contributed by atoms with van der Waals surface area (Å²) in [4.78, 5) is 13.7. The predicted octanol–water partition coefficient (Wildman–Crippen LogP) is 2.57. The predicted molar refractivity (Wildman–Crippen MR) is 68.3 cm³/mol. The van der Waals surface area contributed by atoms with E-state index in [1.807, 2.05) is 18.2 Å². The SMILES string of the molecule is O=CC1/C(=C/c2ccccc2)N2CCC1CC2. The van der Waals surface area contributed by atoms with Crippen LogP contribution >= 0.6 is 0 Å². The highest BCUT2D eigenvalue weighted by Crippen LogP contribution is 2.39. The molecule has 3 saturated heterocycles. The van der Waals surface area contributed by atoms with E-state index in [2.05, 4.69) is 23.1 Å². The number of hydrogen-bond acceptors (Lipinski definition) is 2. The van der Waals surface area contributed by atoms with Gasteiger partial charge < -0.3 is 9.69 Å². The summed E-state index contributed by atoms with van der Waals surface area (Å²) in [6.45, 7) is 2.24. The summed E-state index contributed by atoms with van der Waals surface area (Å²) < 4.78 is 0. The Labute approximate surface area is 102 Å². The van der Waals surface area contributed by atoms with Crippen molar-refractivity contribution in [3.8, 4) is 0 Å². The van der Waals surface area contributed by atoms with E-state index in [-0.39, 0.29) is 5.92 Å². The number of piperidine rings is 3. The van der Waals surface area contributed by atoms with Gasteiger partial charge in [0.15, 0.2) is 0 Å². The van der Waals surface area contributed by atoms with Crippen LogP contribution in [0.2, 0.25) is 0 Å². The van der Waals surface area contributed by atoms with Crippen LogP contribution in [-0.2, 0) is 4.79 Å². The Hall–Kier alpha value is -1.57. The molecule has 1 unspecified atom stereocenters. The molecule has 0 amide bonds. The third-order valence-electron chi connectivity index (χ3n) is 4.01. The van der Waals surface area contributed by atoms with E-state index < -0.39 is 0 Å². The van der Waals surface area contributed by atoms with Crippen molar-refractivity contribution in [2.75, 3.05) is 13.1 Å². The Morgan fingerprint density at radius 3 is 2.47 bits per heavy atom. The normalized spacial score (nSPS) is 29.6. The quantitative estimate of drug-likeness (QED) is 0.724. The maximum atomic E-state index is 11.3. The van der Waals surface area contributed by atoms with Gasteiger partial charge in [0.2, 0.25) is 0 Å². The minimum atomic E-state index is 0.123. The van der Waals surface area contributed by atoms with Crippen LogP contribution in [0.15, 0.2) is 36.0 Å². The minimum Gasteiger partial charge on any atom is -0.374 e. The van der Waals surface area contributed by atoms with Gasteiger partial charge in [-0.25, -0.2) is 0 Å². The summed E-state index contributed by atoms with van der Waals surface area (Å²) in [6.07, 6.45) is 5.68. The Bertz CT molecular complexity index is 429. The first-order chi connectivity index (χ1) is 8.38. The van der Waals surface area contributed by atoms with E-state index in [0.29, 0.717) is 5.92 Å². The molecular formula is C15H17NO. The molecule has 3 heterocycles. The number of carbonyl (C=O) groups excluding carboxylic acids is 1. The summed E-state index contributed by atoms with van der Waals surface area (Å²) in [5, 5.41) is 0. The highest BCUT2D eigenvalue weighted by atomic mass is 16.1. The first kappa shape index (κ1) is 10.6. The van der Waals surface area contributed by atoms with Crippen molar-refractivity contribution >= 4 is 12.4 Å². The van der Waals surface area contributed by atoms with Gasteiger partial charge in [-0.1, -0.05) is 30.3 Å². The average Bonchev–Trinajstić information content (AvgIpc) is 2.41. The third kappa shape index (κ3) is 1.88. The second kappa shape index (κ2) is 4.36. The Balaban J connectivity index is 1.95. The Kier molecular flexibility index (Phi) is 2.71. The van der Waals surface area contributed by atoms with Crippen LogP contribution in [0.25, 0.3) is 6.08 Å². The molecule has 0 aliphatic carbocycles. The molecule has 1 aromatic rings. The van der Waals surface area contributed by atoms with Gasteiger partial charge in [-0.05, 0) is 30.4 Å². The molecule has 1 aromatic carbocycles. The summed E-state index contributed by atoms with van der Waals surface area (Å²) >= 11 is 0. The first-order valence-corrected chi connectivity index (χ1v) is 6.35. The molecule has 0 saturated carbocycles. The molecule has 17 heavy (non-hydrogen) atoms. The number of fused-ring (bicyclic) bond motifs is 3. The maximum Gasteiger partial charge on any atom is 0.129 e. The van der Waals surface area contributed by atoms with Crippen molar-refractivity contribution in [2.24, 2.45) is 11.8 Å². The van der Waals surface area contributed by atoms with Gasteiger partial charge in [0, 0.05) is 18.8 Å². The molecule has 2 heteroatoms. The largest absolute Gasteiger partial charge is 0.374 e. The number of carbonyl (C=O) groups is 1. The number of benzene rings is 1. The molecule has 2 nitrogen and oxygen atoms in total. The van der Waals surface area contributed by atoms with E-state index >= 15 is 0 Å². The number of aldehydes is 1. The lowest BCUT2D eigenvalue weighted by Crippen LogP contribution is -2.46. The van der Waals surface area contributed by atoms with Crippen LogP contribution < -0.4 is 0 Å². The molecule has 4 rings (SSSR count). The molecule has 3 aliphatic heterocycles. The van der Waals surface area contributed by atoms with Crippen molar-refractivity contribution in [3.05, 3.63) is 41.6 Å². The van der Waals surface area contributed by atoms with Gasteiger partial charge in [-0.3, -0.25) is 0 Å². The van der Waals surface area contributed by atoms with Crippen LogP contribution in [0.5, 0.6) is 0 Å². The lowest BCUT2D eigenvalue weighted by molar-refractivity contribution is -0.113. The monoisotopic (exact) mass is 227 g/mol. The standard InChI is InChI=1S/C15H17NO/c17-11-14-13-6-8-16(9-7-13)15(14)10-12-4-2-1-3-5-12/h1-5,10-11,13-14H,6-9H2/b15-10-. The fraction of sp³-hybridized carbons (Fsp3) is 0.400. The van der Waals surface area contributed by atoms with E-state index in [4.69, 9.17) is 0 Å². The average molecular weight is 227 g/mol. The van der Waals surface area contributed by atoms with Crippen LogP contribution in [0.4, 0.5) is 0 Å². The van der Waals surface area contributed by atoms with E-state index in [9.17, 15) is 4.79 Å². The zero-order chi connectivity index (χ0) is 11.7. The Morgan fingerprint density at radius 2 is 1.82 bits per heavy atom. The second-order valence-electron chi connectivity index (χ2n) is 4.97. The highest BCUT2D eigenvalue weighted by Gasteiger charge is 2.37. The molecule has 0 radical (unpaired) electrons. The highest BCUT2D eigenvalue weighted by molar-refractivity contribution is 5.66. The molecule has 0 spiro atoms. The third-order valence-corrected chi connectivity index (χ3v) is 4.01. The van der Waals surface area contributed by atoms with Gasteiger partial charge in [-0.15, -0.1) is 0 Å². The van der Waals surface area contributed by atoms with E-state index in [1.54, 1.807) is 0 Å². The van der Waals surface area contributed by atoms with Crippen molar-refractivity contribution in [1.29, 1.82) is 0 Å². The summed E-state index contributed by atoms with van der Waals surface area (Å²) in [6, 6.07) is 10.3. The lowest BCUT2D eigenvalue weighted by atomic mass is 9.77. The lowest BCUT2D eigenvalue weighted by Gasteiger charge is -2.46. The molecule has 0 N–H and O–H groups in total. The van der Waals surface area contributed by atoms with Crippen molar-refractivity contribution in [1.82, 2.24) is 4.90 Å². The number of rotatable bonds is 2. The van der Waals surface area contributed by atoms with Gasteiger partial charge in [0.25, 0.3) is 0 Å². The summed E-state index contributed by atoms with van der Waals surface area (Å²) in [5.74, 6) is 0.699. The number of nitrogens with zero attached hydrogens (tertiary/aromatic N) is 1. The zero-order valence-corrected chi connectivity index (χ0v) is 9.88. The van der Waals surface area contributed by atoms with Crippen molar-refractivity contribution in [2.45, 2.75) is 12.8 Å². The molecule has 0 aromatic heterocycles. The van der Waals surface area contributed by atoms with Crippen molar-refractivity contribution in [3.63, 3.8) is 0 Å². The topological polar surface area (TPSA) is 20.3 Å². The Morgan fingerprint density at radius 1 is 1.12 bits per heavy atom. The van der Waals surface area contributed by atoms with Crippen LogP contribution in [0, 0.1) is 11.8 Å². The molecule has 88 valence electrons. The van der Waals surface area contributed by atoms with Crippen LogP contribution in [0.3, 0.4) is 0 Å². The van der Waals surface area contributed by atoms with E-state index in [0.717, 1.165) is 19.4 Å². The fourth-order valence-electron chi connectivity index (χ4n) is 3.06. The second-order valence-corrected chi connectivity index (χ2v) is 4.97. The minimum absolute atomic E-state index is 0.123. The number of hydrogen-bond donors (Lipinski definition) is 0. The van der Waals surface area contributed by atoms with Crippen LogP contribution in [0.1, 0.15) is 18.4 Å². The smallest absolute Gasteiger partial charge is 0.129 e. The molecular weight excluding hydrogens is 210 g/mol. The van der Waals surface area contributed by atoms with Gasteiger partial charge >= 0.3 is 0 Å². The van der Waals surface area contributed by atoms with E-state index in [1.165, 1.54) is 24.1 Å². The molecule has 3 fully saturated rings.